The molecule has 0 nitrogen and oxygen atoms in total. The fraction of sp³-hybridized carbons (Fsp3) is 0.500. The zero-order chi connectivity index (χ0) is 21.3. The van der Waals surface area contributed by atoms with Gasteiger partial charge in [0.05, 0.1) is 0 Å². The maximum atomic E-state index is 4.48. The Labute approximate surface area is 175 Å². The highest BCUT2D eigenvalue weighted by atomic mass is 14.2. The van der Waals surface area contributed by atoms with Gasteiger partial charge >= 0.3 is 0 Å². The van der Waals surface area contributed by atoms with Crippen LogP contribution in [0, 0.1) is 18.8 Å². The molecule has 1 unspecified atom stereocenters. The first-order valence-corrected chi connectivity index (χ1v) is 10.9. The summed E-state index contributed by atoms with van der Waals surface area (Å²) >= 11 is 0. The minimum atomic E-state index is 0.422. The maximum absolute atomic E-state index is 4.48. The van der Waals surface area contributed by atoms with Gasteiger partial charge < -0.3 is 0 Å². The average molecular weight is 379 g/mol. The summed E-state index contributed by atoms with van der Waals surface area (Å²) in [6.45, 7) is 24.4. The minimum Gasteiger partial charge on any atom is -0.0992 e. The normalized spacial score (nSPS) is 14.1. The fourth-order valence-electron chi connectivity index (χ4n) is 3.63. The lowest BCUT2D eigenvalue weighted by molar-refractivity contribution is 0.495. The molecule has 0 heteroatoms. The molecule has 0 aliphatic heterocycles. The Balaban J connectivity index is 3.15. The highest BCUT2D eigenvalue weighted by Gasteiger charge is 2.20. The monoisotopic (exact) mass is 378 g/mol. The zero-order valence-corrected chi connectivity index (χ0v) is 19.5. The summed E-state index contributed by atoms with van der Waals surface area (Å²) in [4.78, 5) is 0. The lowest BCUT2D eigenvalue weighted by Gasteiger charge is -2.26. The van der Waals surface area contributed by atoms with Gasteiger partial charge in [-0.25, -0.2) is 0 Å². The van der Waals surface area contributed by atoms with Gasteiger partial charge in [0.15, 0.2) is 0 Å². The lowest BCUT2D eigenvalue weighted by Crippen LogP contribution is -2.12. The van der Waals surface area contributed by atoms with E-state index in [1.54, 1.807) is 0 Å². The summed E-state index contributed by atoms with van der Waals surface area (Å²) in [6.07, 6.45) is 8.02. The van der Waals surface area contributed by atoms with E-state index < -0.39 is 0 Å². The third-order valence-electron chi connectivity index (χ3n) is 5.55. The summed E-state index contributed by atoms with van der Waals surface area (Å²) in [5.41, 5.74) is 9.47. The van der Waals surface area contributed by atoms with E-state index in [1.807, 2.05) is 0 Å². The molecule has 0 N–H and O–H groups in total. The highest BCUT2D eigenvalue weighted by Crippen LogP contribution is 2.34. The van der Waals surface area contributed by atoms with Crippen LogP contribution in [-0.4, -0.2) is 0 Å². The number of hydrogen-bond donors (Lipinski definition) is 0. The van der Waals surface area contributed by atoms with E-state index >= 15 is 0 Å². The van der Waals surface area contributed by atoms with Crippen molar-refractivity contribution in [1.29, 1.82) is 0 Å². The van der Waals surface area contributed by atoms with Gasteiger partial charge in [0, 0.05) is 5.92 Å². The van der Waals surface area contributed by atoms with Crippen molar-refractivity contribution in [1.82, 2.24) is 0 Å². The van der Waals surface area contributed by atoms with Crippen molar-refractivity contribution < 1.29 is 0 Å². The van der Waals surface area contributed by atoms with Crippen molar-refractivity contribution in [3.8, 4) is 0 Å². The van der Waals surface area contributed by atoms with Crippen LogP contribution >= 0.6 is 0 Å². The SMILES string of the molecule is C=C(C)/C(C)=C(/C=C(/C)CCc1ccc(C)cc1)C(CC(C)C)C(=C)CCC. The van der Waals surface area contributed by atoms with E-state index in [-0.39, 0.29) is 0 Å². The molecule has 0 saturated heterocycles. The van der Waals surface area contributed by atoms with Crippen molar-refractivity contribution in [2.24, 2.45) is 11.8 Å². The van der Waals surface area contributed by atoms with Gasteiger partial charge in [-0.05, 0) is 76.0 Å². The van der Waals surface area contributed by atoms with E-state index in [0.29, 0.717) is 11.8 Å². The number of benzene rings is 1. The summed E-state index contributed by atoms with van der Waals surface area (Å²) in [6, 6.07) is 8.92. The Bertz CT molecular complexity index is 707. The summed E-state index contributed by atoms with van der Waals surface area (Å²) < 4.78 is 0. The first-order valence-electron chi connectivity index (χ1n) is 10.9. The van der Waals surface area contributed by atoms with Gasteiger partial charge in [-0.2, -0.15) is 0 Å². The third kappa shape index (κ3) is 8.05. The van der Waals surface area contributed by atoms with Crippen molar-refractivity contribution in [3.05, 3.63) is 82.5 Å². The van der Waals surface area contributed by atoms with Crippen molar-refractivity contribution in [2.75, 3.05) is 0 Å². The molecule has 154 valence electrons. The summed E-state index contributed by atoms with van der Waals surface area (Å²) in [5, 5.41) is 0. The molecule has 0 aliphatic rings. The predicted molar refractivity (Wildman–Crippen MR) is 128 cm³/mol. The van der Waals surface area contributed by atoms with Crippen LogP contribution in [-0.2, 0) is 6.42 Å². The Kier molecular flexibility index (Phi) is 10.3. The minimum absolute atomic E-state index is 0.422. The van der Waals surface area contributed by atoms with Crippen LogP contribution in [0.2, 0.25) is 0 Å². The molecule has 0 saturated carbocycles. The number of rotatable bonds is 11. The Morgan fingerprint density at radius 2 is 1.61 bits per heavy atom. The second-order valence-corrected chi connectivity index (χ2v) is 8.93. The van der Waals surface area contributed by atoms with Gasteiger partial charge in [-0.3, -0.25) is 0 Å². The lowest BCUT2D eigenvalue weighted by atomic mass is 9.79. The van der Waals surface area contributed by atoms with Gasteiger partial charge in [-0.15, -0.1) is 0 Å². The molecule has 0 spiro atoms. The molecule has 0 fully saturated rings. The summed E-state index contributed by atoms with van der Waals surface area (Å²) in [5.74, 6) is 1.07. The smallest absolute Gasteiger partial charge is 0.00506 e. The van der Waals surface area contributed by atoms with Crippen molar-refractivity contribution >= 4 is 0 Å². The second-order valence-electron chi connectivity index (χ2n) is 8.93. The molecule has 0 aliphatic carbocycles. The summed E-state index contributed by atoms with van der Waals surface area (Å²) in [7, 11) is 0. The first kappa shape index (κ1) is 24.2. The van der Waals surface area contributed by atoms with Crippen LogP contribution in [0.1, 0.15) is 78.4 Å². The molecule has 1 aromatic carbocycles. The van der Waals surface area contributed by atoms with Crippen LogP contribution in [0.5, 0.6) is 0 Å². The molecule has 28 heavy (non-hydrogen) atoms. The Morgan fingerprint density at radius 1 is 1.00 bits per heavy atom. The molecule has 0 radical (unpaired) electrons. The topological polar surface area (TPSA) is 0 Å². The van der Waals surface area contributed by atoms with E-state index in [1.165, 1.54) is 33.4 Å². The van der Waals surface area contributed by atoms with Crippen LogP contribution in [0.25, 0.3) is 0 Å². The van der Waals surface area contributed by atoms with Crippen LogP contribution < -0.4 is 0 Å². The van der Waals surface area contributed by atoms with Crippen molar-refractivity contribution in [2.45, 2.75) is 80.6 Å². The van der Waals surface area contributed by atoms with E-state index in [4.69, 9.17) is 0 Å². The molecular formula is C28H42. The zero-order valence-electron chi connectivity index (χ0n) is 19.5. The van der Waals surface area contributed by atoms with E-state index in [0.717, 1.165) is 37.7 Å². The molecule has 1 rings (SSSR count). The molecular weight excluding hydrogens is 336 g/mol. The molecule has 1 atom stereocenters. The molecule has 1 aromatic rings. The molecule has 0 aromatic heterocycles. The predicted octanol–water partition coefficient (Wildman–Crippen LogP) is 8.79. The second kappa shape index (κ2) is 11.9. The van der Waals surface area contributed by atoms with Crippen LogP contribution in [0.3, 0.4) is 0 Å². The van der Waals surface area contributed by atoms with Gasteiger partial charge in [0.2, 0.25) is 0 Å². The third-order valence-corrected chi connectivity index (χ3v) is 5.55. The average Bonchev–Trinajstić information content (AvgIpc) is 2.63. The number of allylic oxidation sites excluding steroid dienone is 6. The quantitative estimate of drug-likeness (QED) is 0.266. The van der Waals surface area contributed by atoms with E-state index in [9.17, 15) is 0 Å². The highest BCUT2D eigenvalue weighted by molar-refractivity contribution is 5.42. The fourth-order valence-corrected chi connectivity index (χ4v) is 3.63. The molecule has 0 amide bonds. The largest absolute Gasteiger partial charge is 0.0992 e. The van der Waals surface area contributed by atoms with Gasteiger partial charge in [0.25, 0.3) is 0 Å². The van der Waals surface area contributed by atoms with Crippen LogP contribution in [0.4, 0.5) is 0 Å². The Hall–Kier alpha value is -1.82. The maximum Gasteiger partial charge on any atom is 0.00506 e. The van der Waals surface area contributed by atoms with Crippen LogP contribution in [0.15, 0.2) is 71.4 Å². The molecule has 0 heterocycles. The number of aryl methyl sites for hydroxylation is 2. The van der Waals surface area contributed by atoms with E-state index in [2.05, 4.69) is 92.0 Å². The number of hydrogen-bond acceptors (Lipinski definition) is 0. The van der Waals surface area contributed by atoms with Gasteiger partial charge in [0.1, 0.15) is 0 Å². The molecule has 0 bridgehead atoms. The standard InChI is InChI=1S/C28H42/c1-10-11-24(8)27(18-20(2)3)28(25(9)21(4)5)19-23(7)14-17-26-15-12-22(6)13-16-26/h12-13,15-16,19-20,27H,4,8,10-11,14,17-18H2,1-3,5-7,9H3/b23-19-,28-25-. The van der Waals surface area contributed by atoms with Crippen molar-refractivity contribution in [3.63, 3.8) is 0 Å². The Morgan fingerprint density at radius 3 is 2.11 bits per heavy atom. The first-order chi connectivity index (χ1) is 13.1. The van der Waals surface area contributed by atoms with Gasteiger partial charge in [-0.1, -0.05) is 93.0 Å².